The highest BCUT2D eigenvalue weighted by Gasteiger charge is 1.94. The monoisotopic (exact) mass is 174 g/mol. The van der Waals surface area contributed by atoms with E-state index in [0.29, 0.717) is 0 Å². The molecular formula is C12H14O. The zero-order valence-electron chi connectivity index (χ0n) is 8.08. The van der Waals surface area contributed by atoms with Crippen LogP contribution < -0.4 is 5.43 Å². The van der Waals surface area contributed by atoms with Gasteiger partial charge in [-0.25, -0.2) is 0 Å². The molecule has 1 rings (SSSR count). The van der Waals surface area contributed by atoms with E-state index in [2.05, 4.69) is 13.0 Å². The van der Waals surface area contributed by atoms with Gasteiger partial charge in [0.2, 0.25) is 0 Å². The Kier molecular flexibility index (Phi) is 3.44. The van der Waals surface area contributed by atoms with Gasteiger partial charge in [-0.2, -0.15) is 0 Å². The molecule has 68 valence electrons. The van der Waals surface area contributed by atoms with Crippen molar-refractivity contribution in [3.8, 4) is 0 Å². The summed E-state index contributed by atoms with van der Waals surface area (Å²) in [5.74, 6) is 0. The Bertz CT molecular complexity index is 364. The highest BCUT2D eigenvalue weighted by molar-refractivity contribution is 5.52. The number of hydrogen-bond acceptors (Lipinski definition) is 1. The molecular weight excluding hydrogens is 160 g/mol. The van der Waals surface area contributed by atoms with Gasteiger partial charge in [-0.15, -0.1) is 0 Å². The van der Waals surface area contributed by atoms with Gasteiger partial charge in [0.15, 0.2) is 5.43 Å². The summed E-state index contributed by atoms with van der Waals surface area (Å²) < 4.78 is 0. The van der Waals surface area contributed by atoms with Crippen molar-refractivity contribution in [2.45, 2.75) is 20.3 Å². The van der Waals surface area contributed by atoms with Crippen molar-refractivity contribution in [1.29, 1.82) is 0 Å². The average molecular weight is 174 g/mol. The third-order valence-electron chi connectivity index (χ3n) is 1.97. The maximum absolute atomic E-state index is 11.4. The van der Waals surface area contributed by atoms with Crippen LogP contribution in [-0.4, -0.2) is 0 Å². The van der Waals surface area contributed by atoms with Crippen LogP contribution in [0.4, 0.5) is 0 Å². The van der Waals surface area contributed by atoms with Crippen LogP contribution >= 0.6 is 0 Å². The summed E-state index contributed by atoms with van der Waals surface area (Å²) in [6.07, 6.45) is 5.05. The van der Waals surface area contributed by atoms with Crippen molar-refractivity contribution in [2.75, 3.05) is 0 Å². The Labute approximate surface area is 78.7 Å². The molecule has 0 aliphatic heterocycles. The summed E-state index contributed by atoms with van der Waals surface area (Å²) in [7, 11) is 0. The van der Waals surface area contributed by atoms with Crippen molar-refractivity contribution >= 4 is 6.08 Å². The molecule has 0 heterocycles. The van der Waals surface area contributed by atoms with Crippen molar-refractivity contribution in [1.82, 2.24) is 0 Å². The van der Waals surface area contributed by atoms with Crippen molar-refractivity contribution in [2.24, 2.45) is 0 Å². The molecule has 0 amide bonds. The quantitative estimate of drug-likeness (QED) is 0.673. The Morgan fingerprint density at radius 3 is 2.69 bits per heavy atom. The normalized spacial score (nSPS) is 10.6. The summed E-state index contributed by atoms with van der Waals surface area (Å²) in [6, 6.07) is 7.23. The van der Waals surface area contributed by atoms with Gasteiger partial charge in [-0.3, -0.25) is 4.79 Å². The molecule has 13 heavy (non-hydrogen) atoms. The summed E-state index contributed by atoms with van der Waals surface area (Å²) >= 11 is 0. The summed E-state index contributed by atoms with van der Waals surface area (Å²) in [6.45, 7) is 3.94. The molecule has 0 fully saturated rings. The Morgan fingerprint density at radius 1 is 1.31 bits per heavy atom. The predicted molar refractivity (Wildman–Crippen MR) is 56.8 cm³/mol. The second kappa shape index (κ2) is 4.61. The molecule has 0 bridgehead atoms. The van der Waals surface area contributed by atoms with Crippen LogP contribution in [-0.2, 0) is 0 Å². The lowest BCUT2D eigenvalue weighted by atomic mass is 10.1. The van der Waals surface area contributed by atoms with E-state index in [4.69, 9.17) is 0 Å². The molecule has 0 aromatic heterocycles. The van der Waals surface area contributed by atoms with Gasteiger partial charge in [-0.1, -0.05) is 37.3 Å². The summed E-state index contributed by atoms with van der Waals surface area (Å²) in [5, 5.41) is 0. The maximum Gasteiger partial charge on any atom is 0.182 e. The minimum Gasteiger partial charge on any atom is -0.290 e. The van der Waals surface area contributed by atoms with Crippen LogP contribution in [0.15, 0.2) is 35.1 Å². The molecule has 0 aliphatic carbocycles. The molecule has 0 radical (unpaired) electrons. The van der Waals surface area contributed by atoms with E-state index in [1.807, 2.05) is 25.1 Å². The Balaban J connectivity index is 3.24. The molecule has 0 aliphatic rings. The second-order valence-corrected chi connectivity index (χ2v) is 2.97. The van der Waals surface area contributed by atoms with Gasteiger partial charge in [0.05, 0.1) is 0 Å². The fourth-order valence-electron chi connectivity index (χ4n) is 1.12. The van der Waals surface area contributed by atoms with Crippen LogP contribution in [0, 0.1) is 6.92 Å². The lowest BCUT2D eigenvalue weighted by Gasteiger charge is -1.91. The first-order chi connectivity index (χ1) is 6.25. The molecule has 1 nitrogen and oxygen atoms in total. The third kappa shape index (κ3) is 2.55. The third-order valence-corrected chi connectivity index (χ3v) is 1.97. The smallest absolute Gasteiger partial charge is 0.182 e. The maximum atomic E-state index is 11.4. The van der Waals surface area contributed by atoms with Crippen molar-refractivity contribution in [3.05, 3.63) is 51.7 Å². The van der Waals surface area contributed by atoms with Gasteiger partial charge >= 0.3 is 0 Å². The fourth-order valence-corrected chi connectivity index (χ4v) is 1.12. The van der Waals surface area contributed by atoms with Gasteiger partial charge < -0.3 is 0 Å². The molecule has 1 heteroatoms. The van der Waals surface area contributed by atoms with E-state index >= 15 is 0 Å². The highest BCUT2D eigenvalue weighted by atomic mass is 16.1. The summed E-state index contributed by atoms with van der Waals surface area (Å²) in [4.78, 5) is 11.4. The van der Waals surface area contributed by atoms with Gasteiger partial charge in [0.1, 0.15) is 0 Å². The highest BCUT2D eigenvalue weighted by Crippen LogP contribution is 2.04. The number of rotatable bonds is 2. The Morgan fingerprint density at radius 2 is 2.00 bits per heavy atom. The average Bonchev–Trinajstić information content (AvgIpc) is 2.28. The molecule has 0 spiro atoms. The van der Waals surface area contributed by atoms with E-state index in [1.54, 1.807) is 12.1 Å². The van der Waals surface area contributed by atoms with Crippen molar-refractivity contribution in [3.63, 3.8) is 0 Å². The van der Waals surface area contributed by atoms with Crippen LogP contribution in [0.5, 0.6) is 0 Å². The van der Waals surface area contributed by atoms with E-state index in [1.165, 1.54) is 0 Å². The van der Waals surface area contributed by atoms with Gasteiger partial charge in [-0.05, 0) is 25.0 Å². The number of allylic oxidation sites excluding steroid dienone is 1. The van der Waals surface area contributed by atoms with Crippen LogP contribution in [0.3, 0.4) is 0 Å². The minimum atomic E-state index is 0.0979. The topological polar surface area (TPSA) is 17.1 Å². The first-order valence-corrected chi connectivity index (χ1v) is 4.52. The SMILES string of the molecule is CC/C=C/c1ccccc(=O)c1C. The van der Waals surface area contributed by atoms with Gasteiger partial charge in [0, 0.05) is 5.56 Å². The lowest BCUT2D eigenvalue weighted by molar-refractivity contribution is 1.23. The molecule has 0 N–H and O–H groups in total. The van der Waals surface area contributed by atoms with Crippen LogP contribution in [0.25, 0.3) is 6.08 Å². The zero-order chi connectivity index (χ0) is 9.68. The standard InChI is InChI=1S/C12H14O/c1-3-4-7-11-8-5-6-9-12(13)10(11)2/h4-9H,3H2,1-2H3/b7-4+. The molecule has 0 saturated heterocycles. The predicted octanol–water partition coefficient (Wildman–Crippen LogP) is 2.78. The van der Waals surface area contributed by atoms with Crippen LogP contribution in [0.2, 0.25) is 0 Å². The first kappa shape index (κ1) is 9.72. The first-order valence-electron chi connectivity index (χ1n) is 4.52. The Hall–Kier alpha value is -1.37. The lowest BCUT2D eigenvalue weighted by Crippen LogP contribution is -1.99. The fraction of sp³-hybridized carbons (Fsp3) is 0.250. The van der Waals surface area contributed by atoms with E-state index in [0.717, 1.165) is 17.5 Å². The second-order valence-electron chi connectivity index (χ2n) is 2.97. The van der Waals surface area contributed by atoms with E-state index in [-0.39, 0.29) is 5.43 Å². The van der Waals surface area contributed by atoms with E-state index < -0.39 is 0 Å². The summed E-state index contributed by atoms with van der Waals surface area (Å²) in [5.41, 5.74) is 1.92. The van der Waals surface area contributed by atoms with Crippen LogP contribution in [0.1, 0.15) is 24.5 Å². The molecule has 1 aromatic carbocycles. The van der Waals surface area contributed by atoms with Crippen molar-refractivity contribution < 1.29 is 0 Å². The minimum absolute atomic E-state index is 0.0979. The van der Waals surface area contributed by atoms with E-state index in [9.17, 15) is 4.79 Å². The largest absolute Gasteiger partial charge is 0.290 e. The molecule has 1 aromatic rings. The molecule has 0 unspecified atom stereocenters. The number of hydrogen-bond donors (Lipinski definition) is 0. The molecule has 0 saturated carbocycles. The molecule has 0 atom stereocenters. The van der Waals surface area contributed by atoms with Gasteiger partial charge in [0.25, 0.3) is 0 Å². The zero-order valence-corrected chi connectivity index (χ0v) is 8.08.